The van der Waals surface area contributed by atoms with Gasteiger partial charge in [-0.2, -0.15) is 0 Å². The second kappa shape index (κ2) is 8.42. The van der Waals surface area contributed by atoms with E-state index in [1.807, 2.05) is 13.8 Å². The van der Waals surface area contributed by atoms with Gasteiger partial charge in [0.15, 0.2) is 0 Å². The van der Waals surface area contributed by atoms with Gasteiger partial charge in [-0.1, -0.05) is 13.8 Å². The van der Waals surface area contributed by atoms with Crippen LogP contribution < -0.4 is 4.90 Å². The molecule has 5 heteroatoms. The molecule has 20 heavy (non-hydrogen) atoms. The molecule has 0 N–H and O–H groups in total. The van der Waals surface area contributed by atoms with E-state index in [0.717, 1.165) is 12.8 Å². The Bertz CT molecular complexity index is 401. The number of methoxy groups -OCH3 is 1. The van der Waals surface area contributed by atoms with Crippen LogP contribution >= 0.6 is 11.6 Å². The quantitative estimate of drug-likeness (QED) is 0.662. The highest BCUT2D eigenvalue weighted by Gasteiger charge is 2.23. The fourth-order valence-electron chi connectivity index (χ4n) is 2.37. The molecule has 2 nitrogen and oxygen atoms in total. The Kier molecular flexibility index (Phi) is 7.24. The molecule has 1 aromatic carbocycles. The molecule has 0 radical (unpaired) electrons. The first kappa shape index (κ1) is 17.2. The van der Waals surface area contributed by atoms with Crippen LogP contribution in [0.5, 0.6) is 0 Å². The summed E-state index contributed by atoms with van der Waals surface area (Å²) in [5.41, 5.74) is 0.464. The van der Waals surface area contributed by atoms with Crippen LogP contribution in [0.2, 0.25) is 0 Å². The van der Waals surface area contributed by atoms with E-state index in [-0.39, 0.29) is 17.6 Å². The lowest BCUT2D eigenvalue weighted by atomic mass is 10.1. The lowest BCUT2D eigenvalue weighted by molar-refractivity contribution is 0.202. The minimum atomic E-state index is -0.566. The third-order valence-electron chi connectivity index (χ3n) is 3.44. The Morgan fingerprint density at radius 1 is 1.20 bits per heavy atom. The Morgan fingerprint density at radius 3 is 2.15 bits per heavy atom. The number of anilines is 1. The SMILES string of the molecule is CCC(CC)N(CCOC)c1c(F)cc(CCl)cc1F. The highest BCUT2D eigenvalue weighted by atomic mass is 35.5. The van der Waals surface area contributed by atoms with E-state index in [9.17, 15) is 8.78 Å². The number of hydrogen-bond donors (Lipinski definition) is 0. The first-order chi connectivity index (χ1) is 9.58. The molecule has 0 aromatic heterocycles. The summed E-state index contributed by atoms with van der Waals surface area (Å²) in [6.07, 6.45) is 1.63. The van der Waals surface area contributed by atoms with Crippen LogP contribution in [-0.4, -0.2) is 26.3 Å². The standard InChI is InChI=1S/C15H22ClF2NO/c1-4-12(5-2)19(6-7-20-3)15-13(17)8-11(10-16)9-14(15)18/h8-9,12H,4-7,10H2,1-3H3. The van der Waals surface area contributed by atoms with Crippen LogP contribution in [0.3, 0.4) is 0 Å². The van der Waals surface area contributed by atoms with Gasteiger partial charge in [-0.15, -0.1) is 11.6 Å². The van der Waals surface area contributed by atoms with Gasteiger partial charge < -0.3 is 9.64 Å². The van der Waals surface area contributed by atoms with Crippen molar-refractivity contribution >= 4 is 17.3 Å². The van der Waals surface area contributed by atoms with Crippen molar-refractivity contribution in [2.45, 2.75) is 38.6 Å². The molecule has 0 aliphatic rings. The summed E-state index contributed by atoms with van der Waals surface area (Å²) in [4.78, 5) is 1.76. The summed E-state index contributed by atoms with van der Waals surface area (Å²) in [6.45, 7) is 4.90. The summed E-state index contributed by atoms with van der Waals surface area (Å²) >= 11 is 5.64. The largest absolute Gasteiger partial charge is 0.383 e. The van der Waals surface area contributed by atoms with Crippen molar-refractivity contribution in [1.29, 1.82) is 0 Å². The monoisotopic (exact) mass is 305 g/mol. The molecule has 0 saturated carbocycles. The first-order valence-corrected chi connectivity index (χ1v) is 7.41. The molecule has 0 atom stereocenters. The molecule has 0 saturated heterocycles. The maximum Gasteiger partial charge on any atom is 0.149 e. The Labute approximate surface area is 124 Å². The smallest absolute Gasteiger partial charge is 0.149 e. The molecule has 0 heterocycles. The Hall–Kier alpha value is -0.870. The van der Waals surface area contributed by atoms with Crippen LogP contribution in [0.1, 0.15) is 32.3 Å². The van der Waals surface area contributed by atoms with Gasteiger partial charge in [-0.3, -0.25) is 0 Å². The summed E-state index contributed by atoms with van der Waals surface area (Å²) in [5, 5.41) is 0. The van der Waals surface area contributed by atoms with Crippen molar-refractivity contribution in [2.24, 2.45) is 0 Å². The maximum atomic E-state index is 14.2. The number of hydrogen-bond acceptors (Lipinski definition) is 2. The molecule has 1 aromatic rings. The number of ether oxygens (including phenoxy) is 1. The maximum absolute atomic E-state index is 14.2. The van der Waals surface area contributed by atoms with Gasteiger partial charge in [-0.05, 0) is 30.5 Å². The molecule has 0 amide bonds. The van der Waals surface area contributed by atoms with Crippen molar-refractivity contribution < 1.29 is 13.5 Å². The molecule has 0 aliphatic heterocycles. The molecular formula is C15H22ClF2NO. The molecule has 0 fully saturated rings. The number of benzene rings is 1. The van der Waals surface area contributed by atoms with E-state index in [0.29, 0.717) is 18.7 Å². The first-order valence-electron chi connectivity index (χ1n) is 6.88. The molecule has 0 unspecified atom stereocenters. The predicted octanol–water partition coefficient (Wildman–Crippen LogP) is 4.35. The normalized spacial score (nSPS) is 11.2. The third kappa shape index (κ3) is 4.06. The number of alkyl halides is 1. The molecule has 114 valence electrons. The zero-order valence-corrected chi connectivity index (χ0v) is 13.0. The average Bonchev–Trinajstić information content (AvgIpc) is 2.44. The molecule has 1 rings (SSSR count). The number of nitrogens with zero attached hydrogens (tertiary/aromatic N) is 1. The van der Waals surface area contributed by atoms with Crippen molar-refractivity contribution in [3.05, 3.63) is 29.3 Å². The van der Waals surface area contributed by atoms with E-state index in [2.05, 4.69) is 0 Å². The van der Waals surface area contributed by atoms with Crippen LogP contribution in [0.15, 0.2) is 12.1 Å². The number of rotatable bonds is 8. The number of halogens is 3. The van der Waals surface area contributed by atoms with Gasteiger partial charge in [0.05, 0.1) is 6.61 Å². The zero-order chi connectivity index (χ0) is 15.1. The van der Waals surface area contributed by atoms with E-state index in [1.54, 1.807) is 12.0 Å². The summed E-state index contributed by atoms with van der Waals surface area (Å²) in [6, 6.07) is 2.68. The Morgan fingerprint density at radius 2 is 1.75 bits per heavy atom. The molecule has 0 spiro atoms. The van der Waals surface area contributed by atoms with Gasteiger partial charge in [0.25, 0.3) is 0 Å². The lowest BCUT2D eigenvalue weighted by Gasteiger charge is -2.33. The second-order valence-corrected chi connectivity index (χ2v) is 4.97. The fourth-order valence-corrected chi connectivity index (χ4v) is 2.52. The van der Waals surface area contributed by atoms with Crippen molar-refractivity contribution in [1.82, 2.24) is 0 Å². The van der Waals surface area contributed by atoms with Gasteiger partial charge in [0, 0.05) is 25.6 Å². The molecule has 0 aliphatic carbocycles. The van der Waals surface area contributed by atoms with Gasteiger partial charge in [0.2, 0.25) is 0 Å². The topological polar surface area (TPSA) is 12.5 Å². The average molecular weight is 306 g/mol. The highest BCUT2D eigenvalue weighted by Crippen LogP contribution is 2.28. The third-order valence-corrected chi connectivity index (χ3v) is 3.75. The van der Waals surface area contributed by atoms with Crippen molar-refractivity contribution in [3.8, 4) is 0 Å². The minimum absolute atomic E-state index is 0.0182. The van der Waals surface area contributed by atoms with Crippen molar-refractivity contribution in [2.75, 3.05) is 25.2 Å². The van der Waals surface area contributed by atoms with E-state index in [1.165, 1.54) is 12.1 Å². The van der Waals surface area contributed by atoms with Crippen LogP contribution in [0.4, 0.5) is 14.5 Å². The highest BCUT2D eigenvalue weighted by molar-refractivity contribution is 6.17. The van der Waals surface area contributed by atoms with Crippen LogP contribution in [0, 0.1) is 11.6 Å². The van der Waals surface area contributed by atoms with E-state index in [4.69, 9.17) is 16.3 Å². The van der Waals surface area contributed by atoms with Crippen molar-refractivity contribution in [3.63, 3.8) is 0 Å². The van der Waals surface area contributed by atoms with E-state index < -0.39 is 11.6 Å². The van der Waals surface area contributed by atoms with Gasteiger partial charge >= 0.3 is 0 Å². The second-order valence-electron chi connectivity index (χ2n) is 4.70. The predicted molar refractivity (Wildman–Crippen MR) is 79.5 cm³/mol. The van der Waals surface area contributed by atoms with Gasteiger partial charge in [0.1, 0.15) is 17.3 Å². The zero-order valence-electron chi connectivity index (χ0n) is 12.3. The Balaban J connectivity index is 3.18. The molecular weight excluding hydrogens is 284 g/mol. The lowest BCUT2D eigenvalue weighted by Crippen LogP contribution is -2.38. The van der Waals surface area contributed by atoms with E-state index >= 15 is 0 Å². The van der Waals surface area contributed by atoms with Crippen LogP contribution in [0.25, 0.3) is 0 Å². The fraction of sp³-hybridized carbons (Fsp3) is 0.600. The minimum Gasteiger partial charge on any atom is -0.383 e. The van der Waals surface area contributed by atoms with Gasteiger partial charge in [-0.25, -0.2) is 8.78 Å². The summed E-state index contributed by atoms with van der Waals surface area (Å²) in [7, 11) is 1.58. The molecule has 0 bridgehead atoms. The summed E-state index contributed by atoms with van der Waals surface area (Å²) in [5.74, 6) is -1.04. The van der Waals surface area contributed by atoms with Crippen LogP contribution in [-0.2, 0) is 10.6 Å². The summed E-state index contributed by atoms with van der Waals surface area (Å²) < 4.78 is 33.5.